The molecule has 0 bridgehead atoms. The summed E-state index contributed by atoms with van der Waals surface area (Å²) >= 11 is 0. The number of nitrogens with one attached hydrogen (secondary N) is 1. The molecule has 1 fully saturated rings. The maximum Gasteiger partial charge on any atom is 0.241 e. The van der Waals surface area contributed by atoms with Gasteiger partial charge in [0.05, 0.1) is 0 Å². The van der Waals surface area contributed by atoms with E-state index < -0.39 is 0 Å². The largest absolute Gasteiger partial charge is 0.361 e. The van der Waals surface area contributed by atoms with Gasteiger partial charge in [-0.3, -0.25) is 14.5 Å². The molecule has 2 amide bonds. The highest BCUT2D eigenvalue weighted by molar-refractivity contribution is 5.83. The molecule has 0 spiro atoms. The van der Waals surface area contributed by atoms with E-state index in [1.54, 1.807) is 30.8 Å². The summed E-state index contributed by atoms with van der Waals surface area (Å²) < 4.78 is 0. The molecule has 1 aromatic heterocycles. The summed E-state index contributed by atoms with van der Waals surface area (Å²) in [6, 6.07) is 8.07. The fourth-order valence-corrected chi connectivity index (χ4v) is 3.26. The van der Waals surface area contributed by atoms with E-state index >= 15 is 0 Å². The minimum absolute atomic E-state index is 0.0277. The van der Waals surface area contributed by atoms with Crippen LogP contribution in [0, 0.1) is 0 Å². The number of fused-ring (bicyclic) bond motifs is 1. The fraction of sp³-hybridized carbons (Fsp3) is 0.444. The first-order chi connectivity index (χ1) is 11.5. The lowest BCUT2D eigenvalue weighted by molar-refractivity contribution is -0.141. The number of nitrogens with zero attached hydrogens (tertiary/aromatic N) is 3. The average Bonchev–Trinajstić information content (AvgIpc) is 3.02. The maximum absolute atomic E-state index is 12.6. The Morgan fingerprint density at radius 3 is 2.75 bits per heavy atom. The van der Waals surface area contributed by atoms with E-state index in [2.05, 4.69) is 34.1 Å². The third-order valence-electron chi connectivity index (χ3n) is 4.67. The van der Waals surface area contributed by atoms with Crippen molar-refractivity contribution in [2.24, 2.45) is 0 Å². The Kier molecular flexibility index (Phi) is 4.57. The van der Waals surface area contributed by atoms with Crippen molar-refractivity contribution in [2.45, 2.75) is 19.5 Å². The predicted octanol–water partition coefficient (Wildman–Crippen LogP) is 1.29. The smallest absolute Gasteiger partial charge is 0.241 e. The van der Waals surface area contributed by atoms with Crippen molar-refractivity contribution in [1.29, 1.82) is 0 Å². The van der Waals surface area contributed by atoms with E-state index in [0.29, 0.717) is 26.2 Å². The van der Waals surface area contributed by atoms with E-state index in [-0.39, 0.29) is 17.9 Å². The predicted molar refractivity (Wildman–Crippen MR) is 93.4 cm³/mol. The lowest BCUT2D eigenvalue weighted by Gasteiger charge is -2.41. The molecule has 0 saturated carbocycles. The number of rotatable bonds is 3. The number of hydrogen-bond donors (Lipinski definition) is 1. The van der Waals surface area contributed by atoms with Gasteiger partial charge in [0.25, 0.3) is 0 Å². The van der Waals surface area contributed by atoms with Crippen molar-refractivity contribution in [3.8, 4) is 0 Å². The lowest BCUT2D eigenvalue weighted by atomic mass is 10.1. The molecule has 0 aliphatic carbocycles. The van der Waals surface area contributed by atoms with Crippen LogP contribution in [0.15, 0.2) is 30.5 Å². The SMILES string of the molecule is CC(=O)N1CCN(Cc2ccc3[nH]ccc3c2)[C@H](C(=O)N(C)C)C1. The normalized spacial score (nSPS) is 18.8. The molecule has 6 nitrogen and oxygen atoms in total. The molecule has 24 heavy (non-hydrogen) atoms. The monoisotopic (exact) mass is 328 g/mol. The van der Waals surface area contributed by atoms with Gasteiger partial charge in [-0.1, -0.05) is 6.07 Å². The Morgan fingerprint density at radius 2 is 2.04 bits per heavy atom. The van der Waals surface area contributed by atoms with Crippen molar-refractivity contribution in [3.63, 3.8) is 0 Å². The van der Waals surface area contributed by atoms with Gasteiger partial charge in [-0.05, 0) is 29.1 Å². The van der Waals surface area contributed by atoms with Gasteiger partial charge in [-0.15, -0.1) is 0 Å². The van der Waals surface area contributed by atoms with Crippen LogP contribution in [0.25, 0.3) is 10.9 Å². The summed E-state index contributed by atoms with van der Waals surface area (Å²) in [6.45, 7) is 4.09. The Bertz CT molecular complexity index is 752. The standard InChI is InChI=1S/C18H24N4O2/c1-13(23)21-8-9-22(17(12-21)18(24)20(2)3)11-14-4-5-16-15(10-14)6-7-19-16/h4-7,10,17,19H,8-9,11-12H2,1-3H3/t17-/m0/s1. The third kappa shape index (κ3) is 3.28. The van der Waals surface area contributed by atoms with Gasteiger partial charge in [0.1, 0.15) is 6.04 Å². The summed E-state index contributed by atoms with van der Waals surface area (Å²) in [5.74, 6) is 0.0728. The number of benzene rings is 1. The molecule has 2 aromatic rings. The molecule has 1 N–H and O–H groups in total. The molecule has 1 atom stereocenters. The number of piperazine rings is 1. The zero-order chi connectivity index (χ0) is 17.3. The van der Waals surface area contributed by atoms with Gasteiger partial charge >= 0.3 is 0 Å². The van der Waals surface area contributed by atoms with Gasteiger partial charge in [-0.2, -0.15) is 0 Å². The summed E-state index contributed by atoms with van der Waals surface area (Å²) in [5.41, 5.74) is 2.29. The Hall–Kier alpha value is -2.34. The molecule has 1 saturated heterocycles. The van der Waals surface area contributed by atoms with Crippen LogP contribution < -0.4 is 0 Å². The van der Waals surface area contributed by atoms with Crippen LogP contribution in [0.2, 0.25) is 0 Å². The van der Waals surface area contributed by atoms with Gasteiger partial charge in [0.2, 0.25) is 11.8 Å². The molecular weight excluding hydrogens is 304 g/mol. The van der Waals surface area contributed by atoms with Crippen LogP contribution in [-0.4, -0.2) is 71.3 Å². The van der Waals surface area contributed by atoms with Crippen LogP contribution in [-0.2, 0) is 16.1 Å². The minimum atomic E-state index is -0.292. The van der Waals surface area contributed by atoms with E-state index in [0.717, 1.165) is 5.52 Å². The fourth-order valence-electron chi connectivity index (χ4n) is 3.26. The van der Waals surface area contributed by atoms with Crippen molar-refractivity contribution in [1.82, 2.24) is 19.7 Å². The number of H-pyrrole nitrogens is 1. The number of hydrogen-bond acceptors (Lipinski definition) is 3. The molecule has 128 valence electrons. The average molecular weight is 328 g/mol. The summed E-state index contributed by atoms with van der Waals surface area (Å²) in [6.07, 6.45) is 1.93. The Labute approximate surface area is 142 Å². The molecule has 6 heteroatoms. The summed E-state index contributed by atoms with van der Waals surface area (Å²) in [5, 5.41) is 1.17. The highest BCUT2D eigenvalue weighted by atomic mass is 16.2. The van der Waals surface area contributed by atoms with Crippen LogP contribution in [0.4, 0.5) is 0 Å². The number of carbonyl (C=O) groups is 2. The van der Waals surface area contributed by atoms with Crippen LogP contribution >= 0.6 is 0 Å². The highest BCUT2D eigenvalue weighted by Gasteiger charge is 2.34. The van der Waals surface area contributed by atoms with E-state index in [1.165, 1.54) is 10.9 Å². The Balaban J connectivity index is 1.80. The van der Waals surface area contributed by atoms with Crippen molar-refractivity contribution < 1.29 is 9.59 Å². The van der Waals surface area contributed by atoms with Crippen molar-refractivity contribution in [2.75, 3.05) is 33.7 Å². The molecule has 3 rings (SSSR count). The summed E-state index contributed by atoms with van der Waals surface area (Å²) in [4.78, 5) is 33.0. The zero-order valence-corrected chi connectivity index (χ0v) is 14.5. The quantitative estimate of drug-likeness (QED) is 0.924. The molecule has 1 aromatic carbocycles. The van der Waals surface area contributed by atoms with Crippen LogP contribution in [0.5, 0.6) is 0 Å². The first-order valence-corrected chi connectivity index (χ1v) is 8.22. The number of carbonyl (C=O) groups excluding carboxylic acids is 2. The number of aromatic amines is 1. The molecule has 1 aliphatic rings. The topological polar surface area (TPSA) is 59.7 Å². The first kappa shape index (κ1) is 16.5. The van der Waals surface area contributed by atoms with Gasteiger partial charge in [0, 0.05) is 58.9 Å². The molecule has 1 aliphatic heterocycles. The maximum atomic E-state index is 12.6. The third-order valence-corrected chi connectivity index (χ3v) is 4.67. The van der Waals surface area contributed by atoms with Crippen molar-refractivity contribution >= 4 is 22.7 Å². The number of amides is 2. The van der Waals surface area contributed by atoms with Crippen LogP contribution in [0.1, 0.15) is 12.5 Å². The summed E-state index contributed by atoms with van der Waals surface area (Å²) in [7, 11) is 3.53. The molecular formula is C18H24N4O2. The second-order valence-electron chi connectivity index (χ2n) is 6.58. The van der Waals surface area contributed by atoms with Crippen LogP contribution in [0.3, 0.4) is 0 Å². The second kappa shape index (κ2) is 6.65. The van der Waals surface area contributed by atoms with E-state index in [4.69, 9.17) is 0 Å². The molecule has 0 unspecified atom stereocenters. The van der Waals surface area contributed by atoms with Gasteiger partial charge < -0.3 is 14.8 Å². The second-order valence-corrected chi connectivity index (χ2v) is 6.58. The van der Waals surface area contributed by atoms with Gasteiger partial charge in [0.15, 0.2) is 0 Å². The molecule has 0 radical (unpaired) electrons. The number of aromatic nitrogens is 1. The van der Waals surface area contributed by atoms with Gasteiger partial charge in [-0.25, -0.2) is 0 Å². The Morgan fingerprint density at radius 1 is 1.25 bits per heavy atom. The van der Waals surface area contributed by atoms with Crippen molar-refractivity contribution in [3.05, 3.63) is 36.0 Å². The first-order valence-electron chi connectivity index (χ1n) is 8.22. The van der Waals surface area contributed by atoms with E-state index in [1.807, 2.05) is 6.20 Å². The van der Waals surface area contributed by atoms with E-state index in [9.17, 15) is 9.59 Å². The number of likely N-dealkylation sites (N-methyl/N-ethyl adjacent to an activating group) is 1. The zero-order valence-electron chi connectivity index (χ0n) is 14.5. The lowest BCUT2D eigenvalue weighted by Crippen LogP contribution is -2.59. The highest BCUT2D eigenvalue weighted by Crippen LogP contribution is 2.19. The molecule has 2 heterocycles. The minimum Gasteiger partial charge on any atom is -0.361 e.